The fourth-order valence-corrected chi connectivity index (χ4v) is 4.20. The number of amides is 1. The van der Waals surface area contributed by atoms with Crippen LogP contribution in [0.1, 0.15) is 49.8 Å². The molecule has 1 aromatic heterocycles. The summed E-state index contributed by atoms with van der Waals surface area (Å²) in [6, 6.07) is 12.9. The predicted octanol–water partition coefficient (Wildman–Crippen LogP) is 3.84. The second kappa shape index (κ2) is 7.04. The number of nitrogens with zero attached hydrogens (tertiary/aromatic N) is 1. The van der Waals surface area contributed by atoms with Crippen molar-refractivity contribution in [1.29, 1.82) is 0 Å². The maximum atomic E-state index is 13.4. The van der Waals surface area contributed by atoms with Gasteiger partial charge >= 0.3 is 0 Å². The number of nitrogens with two attached hydrogens (primary N) is 1. The van der Waals surface area contributed by atoms with Gasteiger partial charge in [0, 0.05) is 0 Å². The van der Waals surface area contributed by atoms with Crippen molar-refractivity contribution in [2.45, 2.75) is 49.5 Å². The number of rotatable bonds is 6. The Balaban J connectivity index is 1.63. The average Bonchev–Trinajstić information content (AvgIpc) is 3.52. The number of ether oxygens (including phenoxy) is 1. The van der Waals surface area contributed by atoms with E-state index in [9.17, 15) is 9.18 Å². The minimum Gasteiger partial charge on any atom is -0.369 e. The molecule has 2 aliphatic rings. The van der Waals surface area contributed by atoms with E-state index in [1.54, 1.807) is 6.07 Å². The van der Waals surface area contributed by atoms with Crippen LogP contribution in [0.15, 0.2) is 48.7 Å². The van der Waals surface area contributed by atoms with Gasteiger partial charge < -0.3 is 10.5 Å². The first-order chi connectivity index (χ1) is 13.0. The topological polar surface area (TPSA) is 65.2 Å². The van der Waals surface area contributed by atoms with Crippen LogP contribution in [0.3, 0.4) is 0 Å². The molecule has 0 bridgehead atoms. The highest BCUT2D eigenvalue weighted by molar-refractivity contribution is 5.86. The van der Waals surface area contributed by atoms with Gasteiger partial charge in [-0.2, -0.15) is 0 Å². The van der Waals surface area contributed by atoms with Crippen LogP contribution in [0.2, 0.25) is 0 Å². The Morgan fingerprint density at radius 2 is 1.81 bits per heavy atom. The lowest BCUT2D eigenvalue weighted by atomic mass is 9.64. The molecule has 0 radical (unpaired) electrons. The summed E-state index contributed by atoms with van der Waals surface area (Å²) in [7, 11) is 0. The van der Waals surface area contributed by atoms with E-state index in [2.05, 4.69) is 4.98 Å². The Morgan fingerprint density at radius 1 is 1.11 bits per heavy atom. The molecule has 5 heteroatoms. The second-order valence-corrected chi connectivity index (χ2v) is 7.92. The molecular weight excluding hydrogens is 343 g/mol. The number of benzene rings is 1. The number of aromatic nitrogens is 1. The highest BCUT2D eigenvalue weighted by atomic mass is 19.1. The van der Waals surface area contributed by atoms with E-state index in [1.807, 2.05) is 30.3 Å². The summed E-state index contributed by atoms with van der Waals surface area (Å²) in [6.07, 6.45) is 6.09. The van der Waals surface area contributed by atoms with Gasteiger partial charge in [0.2, 0.25) is 5.91 Å². The van der Waals surface area contributed by atoms with E-state index in [0.29, 0.717) is 38.2 Å². The molecule has 0 saturated heterocycles. The molecule has 2 saturated carbocycles. The zero-order valence-corrected chi connectivity index (χ0v) is 15.4. The van der Waals surface area contributed by atoms with Crippen LogP contribution in [-0.4, -0.2) is 17.5 Å². The molecule has 0 unspecified atom stereocenters. The number of hydrogen-bond donors (Lipinski definition) is 1. The smallest absolute Gasteiger partial charge is 0.228 e. The summed E-state index contributed by atoms with van der Waals surface area (Å²) in [5.74, 6) is -0.0431. The van der Waals surface area contributed by atoms with E-state index < -0.39 is 11.0 Å². The van der Waals surface area contributed by atoms with Crippen LogP contribution in [-0.2, 0) is 20.5 Å². The number of carbonyl (C=O) groups excluding carboxylic acids is 1. The molecule has 0 atom stereocenters. The van der Waals surface area contributed by atoms with E-state index >= 15 is 0 Å². The molecule has 27 heavy (non-hydrogen) atoms. The van der Waals surface area contributed by atoms with Crippen molar-refractivity contribution in [3.63, 3.8) is 0 Å². The highest BCUT2D eigenvalue weighted by Crippen LogP contribution is 2.49. The van der Waals surface area contributed by atoms with Gasteiger partial charge in [-0.1, -0.05) is 30.3 Å². The van der Waals surface area contributed by atoms with E-state index in [-0.39, 0.29) is 11.7 Å². The van der Waals surface area contributed by atoms with Gasteiger partial charge in [0.25, 0.3) is 0 Å². The lowest BCUT2D eigenvalue weighted by Gasteiger charge is -2.45. The summed E-state index contributed by atoms with van der Waals surface area (Å²) < 4.78 is 19.8. The standard InChI is InChI=1S/C22H25FN2O2/c23-18-8-9-19(25-14-18)22(27-15-16-6-7-16)12-10-21(11-13-22,20(24)26)17-4-2-1-3-5-17/h1-5,8-9,14,16H,6-7,10-13,15H2,(H2,24,26). The van der Waals surface area contributed by atoms with Crippen molar-refractivity contribution in [3.05, 3.63) is 65.7 Å². The number of pyridine rings is 1. The van der Waals surface area contributed by atoms with Crippen molar-refractivity contribution in [3.8, 4) is 0 Å². The molecular formula is C22H25FN2O2. The number of carbonyl (C=O) groups is 1. The van der Waals surface area contributed by atoms with Crippen molar-refractivity contribution in [2.75, 3.05) is 6.61 Å². The Labute approximate surface area is 158 Å². The van der Waals surface area contributed by atoms with Crippen LogP contribution < -0.4 is 5.73 Å². The van der Waals surface area contributed by atoms with Crippen LogP contribution in [0.4, 0.5) is 4.39 Å². The van der Waals surface area contributed by atoms with Crippen LogP contribution in [0.25, 0.3) is 0 Å². The summed E-state index contributed by atoms with van der Waals surface area (Å²) in [6.45, 7) is 0.688. The molecule has 1 aromatic carbocycles. The Morgan fingerprint density at radius 3 is 2.37 bits per heavy atom. The first-order valence-corrected chi connectivity index (χ1v) is 9.66. The third-order valence-corrected chi connectivity index (χ3v) is 6.20. The van der Waals surface area contributed by atoms with Crippen molar-refractivity contribution in [2.24, 2.45) is 11.7 Å². The predicted molar refractivity (Wildman–Crippen MR) is 100 cm³/mol. The number of halogens is 1. The summed E-state index contributed by atoms with van der Waals surface area (Å²) in [5.41, 5.74) is 6.31. The molecule has 2 aromatic rings. The van der Waals surface area contributed by atoms with Gasteiger partial charge in [0.05, 0.1) is 23.9 Å². The van der Waals surface area contributed by atoms with Gasteiger partial charge in [0.15, 0.2) is 0 Å². The quantitative estimate of drug-likeness (QED) is 0.842. The molecule has 4 rings (SSSR count). The second-order valence-electron chi connectivity index (χ2n) is 7.92. The lowest BCUT2D eigenvalue weighted by Crippen LogP contribution is -2.49. The van der Waals surface area contributed by atoms with Crippen LogP contribution >= 0.6 is 0 Å². The molecule has 1 heterocycles. The fourth-order valence-electron chi connectivity index (χ4n) is 4.20. The molecule has 142 valence electrons. The van der Waals surface area contributed by atoms with Gasteiger partial charge in [-0.3, -0.25) is 9.78 Å². The van der Waals surface area contributed by atoms with Crippen molar-refractivity contribution < 1.29 is 13.9 Å². The zero-order valence-electron chi connectivity index (χ0n) is 15.4. The number of hydrogen-bond acceptors (Lipinski definition) is 3. The lowest BCUT2D eigenvalue weighted by molar-refractivity contribution is -0.132. The Bertz CT molecular complexity index is 795. The summed E-state index contributed by atoms with van der Waals surface area (Å²) in [5, 5.41) is 0. The largest absolute Gasteiger partial charge is 0.369 e. The molecule has 0 spiro atoms. The molecule has 2 fully saturated rings. The molecule has 2 aliphatic carbocycles. The zero-order chi connectivity index (χ0) is 18.9. The van der Waals surface area contributed by atoms with Crippen molar-refractivity contribution >= 4 is 5.91 Å². The molecule has 0 aliphatic heterocycles. The SMILES string of the molecule is NC(=O)C1(c2ccccc2)CCC(OCC2CC2)(c2ccc(F)cn2)CC1. The molecule has 2 N–H and O–H groups in total. The van der Waals surface area contributed by atoms with Crippen LogP contribution in [0, 0.1) is 11.7 Å². The average molecular weight is 368 g/mol. The Hall–Kier alpha value is -2.27. The van der Waals surface area contributed by atoms with E-state index in [4.69, 9.17) is 10.5 Å². The maximum absolute atomic E-state index is 13.4. The van der Waals surface area contributed by atoms with Crippen molar-refractivity contribution in [1.82, 2.24) is 4.98 Å². The van der Waals surface area contributed by atoms with E-state index in [0.717, 1.165) is 11.3 Å². The molecule has 4 nitrogen and oxygen atoms in total. The highest BCUT2D eigenvalue weighted by Gasteiger charge is 2.49. The van der Waals surface area contributed by atoms with Gasteiger partial charge in [-0.25, -0.2) is 4.39 Å². The fraction of sp³-hybridized carbons (Fsp3) is 0.455. The monoisotopic (exact) mass is 368 g/mol. The van der Waals surface area contributed by atoms with Gasteiger partial charge in [-0.05, 0) is 62.1 Å². The minimum atomic E-state index is -0.687. The van der Waals surface area contributed by atoms with Crippen LogP contribution in [0.5, 0.6) is 0 Å². The van der Waals surface area contributed by atoms with E-state index in [1.165, 1.54) is 25.1 Å². The van der Waals surface area contributed by atoms with Gasteiger partial charge in [-0.15, -0.1) is 0 Å². The third-order valence-electron chi connectivity index (χ3n) is 6.20. The summed E-state index contributed by atoms with van der Waals surface area (Å²) in [4.78, 5) is 16.8. The summed E-state index contributed by atoms with van der Waals surface area (Å²) >= 11 is 0. The minimum absolute atomic E-state index is 0.295. The maximum Gasteiger partial charge on any atom is 0.228 e. The van der Waals surface area contributed by atoms with Gasteiger partial charge in [0.1, 0.15) is 11.4 Å². The first kappa shape index (κ1) is 18.1. The Kier molecular flexibility index (Phi) is 4.72. The normalized spacial score (nSPS) is 28.0. The number of primary amides is 1. The third kappa shape index (κ3) is 3.48. The first-order valence-electron chi connectivity index (χ1n) is 9.66. The molecule has 1 amide bonds.